The van der Waals surface area contributed by atoms with Crippen LogP contribution in [0.25, 0.3) is 0 Å². The predicted octanol–water partition coefficient (Wildman–Crippen LogP) is 2.79. The molecule has 7 nitrogen and oxygen atoms in total. The van der Waals surface area contributed by atoms with E-state index in [9.17, 15) is 0 Å². The van der Waals surface area contributed by atoms with E-state index in [1.165, 1.54) is 25.7 Å². The highest BCUT2D eigenvalue weighted by molar-refractivity contribution is 5.88. The maximum Gasteiger partial charge on any atom is 0.269 e. The van der Waals surface area contributed by atoms with Crippen LogP contribution in [-0.2, 0) is 0 Å². The van der Waals surface area contributed by atoms with Crippen LogP contribution in [0.3, 0.4) is 0 Å². The van der Waals surface area contributed by atoms with Crippen LogP contribution in [0, 0.1) is 0 Å². The highest BCUT2D eigenvalue weighted by atomic mass is 15.4. The fraction of sp³-hybridized carbons (Fsp3) is 0.667. The Hall–Kier alpha value is -2.05. The molecule has 0 aliphatic carbocycles. The van der Waals surface area contributed by atoms with Crippen molar-refractivity contribution in [2.24, 2.45) is 4.99 Å². The molecule has 7 heteroatoms. The van der Waals surface area contributed by atoms with Gasteiger partial charge in [-0.05, 0) is 20.3 Å². The molecule has 0 atom stereocenters. The lowest BCUT2D eigenvalue weighted by atomic mass is 10.1. The molecular formula is C15H25N7. The van der Waals surface area contributed by atoms with Gasteiger partial charge in [-0.25, -0.2) is 0 Å². The summed E-state index contributed by atoms with van der Waals surface area (Å²) < 4.78 is 0. The third-order valence-electron chi connectivity index (χ3n) is 3.40. The summed E-state index contributed by atoms with van der Waals surface area (Å²) >= 11 is 0. The summed E-state index contributed by atoms with van der Waals surface area (Å²) in [5.74, 6) is 0.990. The van der Waals surface area contributed by atoms with Crippen molar-refractivity contribution in [1.82, 2.24) is 20.4 Å². The second-order valence-electron chi connectivity index (χ2n) is 5.61. The molecule has 0 fully saturated rings. The summed E-state index contributed by atoms with van der Waals surface area (Å²) in [5, 5.41) is 19.6. The van der Waals surface area contributed by atoms with Gasteiger partial charge in [0.15, 0.2) is 0 Å². The van der Waals surface area contributed by atoms with Gasteiger partial charge in [-0.1, -0.05) is 32.6 Å². The smallest absolute Gasteiger partial charge is 0.269 e. The molecule has 1 N–H and O–H groups in total. The van der Waals surface area contributed by atoms with E-state index in [1.54, 1.807) is 0 Å². The number of nitrogens with one attached hydrogen (secondary N) is 1. The zero-order valence-electron chi connectivity index (χ0n) is 13.7. The van der Waals surface area contributed by atoms with Crippen molar-refractivity contribution >= 4 is 17.6 Å². The molecule has 2 rings (SSSR count). The minimum Gasteiger partial charge on any atom is -0.352 e. The van der Waals surface area contributed by atoms with Crippen molar-refractivity contribution < 1.29 is 0 Å². The third-order valence-corrected chi connectivity index (χ3v) is 3.40. The summed E-state index contributed by atoms with van der Waals surface area (Å²) in [7, 11) is 0. The van der Waals surface area contributed by atoms with Gasteiger partial charge in [0, 0.05) is 18.5 Å². The van der Waals surface area contributed by atoms with Gasteiger partial charge in [-0.3, -0.25) is 4.99 Å². The molecule has 1 aromatic rings. The van der Waals surface area contributed by atoms with Gasteiger partial charge in [0.2, 0.25) is 0 Å². The van der Waals surface area contributed by atoms with Crippen molar-refractivity contribution in [2.45, 2.75) is 52.9 Å². The maximum absolute atomic E-state index is 4.37. The summed E-state index contributed by atoms with van der Waals surface area (Å²) in [4.78, 5) is 6.28. The molecule has 0 bridgehead atoms. The summed E-state index contributed by atoms with van der Waals surface area (Å²) in [5.41, 5.74) is 1.96. The number of allylic oxidation sites excluding steroid dienone is 1. The highest BCUT2D eigenvalue weighted by Gasteiger charge is 2.14. The zero-order chi connectivity index (χ0) is 15.8. The monoisotopic (exact) mass is 303 g/mol. The van der Waals surface area contributed by atoms with Crippen molar-refractivity contribution in [2.75, 3.05) is 23.3 Å². The molecule has 0 radical (unpaired) electrons. The number of rotatable bonds is 8. The minimum atomic E-state index is 0.488. The fourth-order valence-electron chi connectivity index (χ4n) is 2.35. The molecule has 22 heavy (non-hydrogen) atoms. The SMILES string of the molecule is CCCCCCCNc1nnc(N2C=C(C)N=C(C)C2)nn1. The highest BCUT2D eigenvalue weighted by Crippen LogP contribution is 2.13. The van der Waals surface area contributed by atoms with E-state index in [-0.39, 0.29) is 0 Å². The van der Waals surface area contributed by atoms with Crippen LogP contribution in [0.5, 0.6) is 0 Å². The first-order chi connectivity index (χ1) is 10.7. The van der Waals surface area contributed by atoms with Gasteiger partial charge in [0.05, 0.1) is 12.2 Å². The Morgan fingerprint density at radius 1 is 1.05 bits per heavy atom. The minimum absolute atomic E-state index is 0.488. The quantitative estimate of drug-likeness (QED) is 0.744. The molecular weight excluding hydrogens is 278 g/mol. The average Bonchev–Trinajstić information content (AvgIpc) is 2.50. The van der Waals surface area contributed by atoms with E-state index in [2.05, 4.69) is 37.6 Å². The molecule has 120 valence electrons. The van der Waals surface area contributed by atoms with E-state index in [1.807, 2.05) is 24.9 Å². The van der Waals surface area contributed by atoms with Gasteiger partial charge < -0.3 is 10.2 Å². The Kier molecular flexibility index (Phi) is 6.24. The predicted molar refractivity (Wildman–Crippen MR) is 89.1 cm³/mol. The zero-order valence-corrected chi connectivity index (χ0v) is 13.7. The molecule has 0 saturated carbocycles. The lowest BCUT2D eigenvalue weighted by molar-refractivity contribution is 0.643. The number of hydrogen-bond donors (Lipinski definition) is 1. The van der Waals surface area contributed by atoms with Crippen LogP contribution in [0.2, 0.25) is 0 Å². The third kappa shape index (κ3) is 5.05. The van der Waals surface area contributed by atoms with E-state index in [0.717, 1.165) is 24.4 Å². The number of anilines is 2. The number of nitrogens with zero attached hydrogens (tertiary/aromatic N) is 6. The first kappa shape index (κ1) is 16.3. The second kappa shape index (κ2) is 8.41. The van der Waals surface area contributed by atoms with Gasteiger partial charge in [-0.2, -0.15) is 0 Å². The summed E-state index contributed by atoms with van der Waals surface area (Å²) in [6.07, 6.45) is 8.12. The van der Waals surface area contributed by atoms with E-state index < -0.39 is 0 Å². The number of aromatic nitrogens is 4. The van der Waals surface area contributed by atoms with Crippen molar-refractivity contribution in [3.63, 3.8) is 0 Å². The molecule has 1 aliphatic heterocycles. The van der Waals surface area contributed by atoms with Gasteiger partial charge in [-0.15, -0.1) is 20.4 Å². The van der Waals surface area contributed by atoms with E-state index in [0.29, 0.717) is 18.4 Å². The van der Waals surface area contributed by atoms with Crippen LogP contribution >= 0.6 is 0 Å². The maximum atomic E-state index is 4.37. The molecule has 0 spiro atoms. The molecule has 1 aromatic heterocycles. The normalized spacial score (nSPS) is 14.6. The summed E-state index contributed by atoms with van der Waals surface area (Å²) in [6, 6.07) is 0. The second-order valence-corrected chi connectivity index (χ2v) is 5.61. The summed E-state index contributed by atoms with van der Waals surface area (Å²) in [6.45, 7) is 7.69. The van der Waals surface area contributed by atoms with Crippen LogP contribution < -0.4 is 10.2 Å². The van der Waals surface area contributed by atoms with Crippen LogP contribution in [0.1, 0.15) is 52.9 Å². The molecule has 0 unspecified atom stereocenters. The van der Waals surface area contributed by atoms with Crippen molar-refractivity contribution in [3.05, 3.63) is 11.9 Å². The van der Waals surface area contributed by atoms with Crippen LogP contribution in [-0.4, -0.2) is 39.2 Å². The Morgan fingerprint density at radius 3 is 2.45 bits per heavy atom. The van der Waals surface area contributed by atoms with Gasteiger partial charge in [0.1, 0.15) is 0 Å². The number of aliphatic imine (C=N–C) groups is 1. The lowest BCUT2D eigenvalue weighted by Crippen LogP contribution is -2.28. The van der Waals surface area contributed by atoms with Gasteiger partial charge >= 0.3 is 0 Å². The Balaban J connectivity index is 1.80. The van der Waals surface area contributed by atoms with E-state index in [4.69, 9.17) is 0 Å². The molecule has 0 aromatic carbocycles. The Bertz CT molecular complexity index is 521. The largest absolute Gasteiger partial charge is 0.352 e. The van der Waals surface area contributed by atoms with Gasteiger partial charge in [0.25, 0.3) is 11.9 Å². The number of hydrogen-bond acceptors (Lipinski definition) is 7. The molecule has 0 amide bonds. The Morgan fingerprint density at radius 2 is 1.77 bits per heavy atom. The lowest BCUT2D eigenvalue weighted by Gasteiger charge is -2.21. The van der Waals surface area contributed by atoms with Crippen molar-refractivity contribution in [3.8, 4) is 0 Å². The van der Waals surface area contributed by atoms with Crippen LogP contribution in [0.4, 0.5) is 11.9 Å². The topological polar surface area (TPSA) is 79.2 Å². The molecule has 2 heterocycles. The van der Waals surface area contributed by atoms with Crippen molar-refractivity contribution in [1.29, 1.82) is 0 Å². The standard InChI is InChI=1S/C15H25N7/c1-4-5-6-7-8-9-16-14-18-20-15(21-19-14)22-10-12(2)17-13(3)11-22/h10H,4-9,11H2,1-3H3,(H,16,18,19). The first-order valence-corrected chi connectivity index (χ1v) is 7.99. The Labute approximate surface area is 132 Å². The molecule has 0 saturated heterocycles. The molecule has 1 aliphatic rings. The fourth-order valence-corrected chi connectivity index (χ4v) is 2.35. The number of unbranched alkanes of at least 4 members (excludes halogenated alkanes) is 4. The van der Waals surface area contributed by atoms with E-state index >= 15 is 0 Å². The average molecular weight is 303 g/mol. The first-order valence-electron chi connectivity index (χ1n) is 7.99. The van der Waals surface area contributed by atoms with Crippen LogP contribution in [0.15, 0.2) is 16.9 Å².